The Bertz CT molecular complexity index is 731. The number of aliphatic hydroxyl groups excluding tert-OH is 1. The Morgan fingerprint density at radius 3 is 2.83 bits per heavy atom. The molecule has 2 unspecified atom stereocenters. The number of rotatable bonds is 4. The SMILES string of the molecule is Cc1cccc(Oc2ccc(NC(=O)C3CC(O)CN3)cn2)c1C. The number of benzene rings is 1. The molecule has 0 radical (unpaired) electrons. The number of aliphatic hydroxyl groups is 1. The number of amides is 1. The van der Waals surface area contributed by atoms with Crippen LogP contribution in [0.25, 0.3) is 0 Å². The predicted octanol–water partition coefficient (Wildman–Crippen LogP) is 2.15. The minimum Gasteiger partial charge on any atom is -0.439 e. The van der Waals surface area contributed by atoms with Gasteiger partial charge >= 0.3 is 0 Å². The number of carbonyl (C=O) groups excluding carboxylic acids is 1. The summed E-state index contributed by atoms with van der Waals surface area (Å²) in [6, 6.07) is 8.96. The number of β-amino-alcohol motifs (C(OH)–C–C–N with tert-alkyl or cyclic N) is 1. The van der Waals surface area contributed by atoms with Crippen molar-refractivity contribution in [2.24, 2.45) is 0 Å². The minimum atomic E-state index is -0.466. The first-order chi connectivity index (χ1) is 11.5. The van der Waals surface area contributed by atoms with E-state index in [1.165, 1.54) is 0 Å². The first-order valence-electron chi connectivity index (χ1n) is 7.95. The summed E-state index contributed by atoms with van der Waals surface area (Å²) in [4.78, 5) is 16.3. The van der Waals surface area contributed by atoms with Gasteiger partial charge in [0.25, 0.3) is 0 Å². The highest BCUT2D eigenvalue weighted by molar-refractivity contribution is 5.94. The van der Waals surface area contributed by atoms with E-state index in [1.54, 1.807) is 18.3 Å². The largest absolute Gasteiger partial charge is 0.439 e. The van der Waals surface area contributed by atoms with Crippen molar-refractivity contribution in [3.8, 4) is 11.6 Å². The van der Waals surface area contributed by atoms with Crippen molar-refractivity contribution >= 4 is 11.6 Å². The molecule has 3 N–H and O–H groups in total. The van der Waals surface area contributed by atoms with Crippen molar-refractivity contribution in [1.82, 2.24) is 10.3 Å². The second-order valence-electron chi connectivity index (χ2n) is 6.02. The number of hydrogen-bond donors (Lipinski definition) is 3. The number of nitrogens with zero attached hydrogens (tertiary/aromatic N) is 1. The zero-order valence-electron chi connectivity index (χ0n) is 13.7. The number of nitrogens with one attached hydrogen (secondary N) is 2. The molecule has 0 bridgehead atoms. The van der Waals surface area contributed by atoms with Crippen LogP contribution in [0.4, 0.5) is 5.69 Å². The number of anilines is 1. The summed E-state index contributed by atoms with van der Waals surface area (Å²) in [6.45, 7) is 4.48. The van der Waals surface area contributed by atoms with E-state index in [-0.39, 0.29) is 11.9 Å². The molecule has 6 heteroatoms. The van der Waals surface area contributed by atoms with E-state index in [4.69, 9.17) is 4.74 Å². The topological polar surface area (TPSA) is 83.5 Å². The lowest BCUT2D eigenvalue weighted by molar-refractivity contribution is -0.117. The molecule has 2 heterocycles. The van der Waals surface area contributed by atoms with Gasteiger partial charge < -0.3 is 20.5 Å². The fourth-order valence-corrected chi connectivity index (χ4v) is 2.61. The van der Waals surface area contributed by atoms with Crippen LogP contribution in [0.1, 0.15) is 17.5 Å². The van der Waals surface area contributed by atoms with Gasteiger partial charge in [-0.25, -0.2) is 4.98 Å². The van der Waals surface area contributed by atoms with Gasteiger partial charge in [0.1, 0.15) is 5.75 Å². The lowest BCUT2D eigenvalue weighted by Gasteiger charge is -2.12. The maximum Gasteiger partial charge on any atom is 0.241 e. The zero-order valence-corrected chi connectivity index (χ0v) is 13.7. The Labute approximate surface area is 140 Å². The smallest absolute Gasteiger partial charge is 0.241 e. The number of hydrogen-bond acceptors (Lipinski definition) is 5. The first-order valence-corrected chi connectivity index (χ1v) is 7.95. The molecule has 6 nitrogen and oxygen atoms in total. The highest BCUT2D eigenvalue weighted by atomic mass is 16.5. The molecular formula is C18H21N3O3. The number of aromatic nitrogens is 1. The number of aryl methyl sites for hydroxylation is 1. The van der Waals surface area contributed by atoms with E-state index in [0.29, 0.717) is 24.5 Å². The van der Waals surface area contributed by atoms with Crippen LogP contribution in [-0.4, -0.2) is 34.7 Å². The standard InChI is InChI=1S/C18H21N3O3/c1-11-4-3-5-16(12(11)2)24-17-7-6-13(9-20-17)21-18(23)15-8-14(22)10-19-15/h3-7,9,14-15,19,22H,8,10H2,1-2H3,(H,21,23). The maximum atomic E-state index is 12.1. The van der Waals surface area contributed by atoms with Gasteiger partial charge in [0.2, 0.25) is 11.8 Å². The van der Waals surface area contributed by atoms with Gasteiger partial charge in [0.05, 0.1) is 24.0 Å². The third kappa shape index (κ3) is 3.72. The summed E-state index contributed by atoms with van der Waals surface area (Å²) in [5, 5.41) is 15.2. The van der Waals surface area contributed by atoms with Crippen LogP contribution < -0.4 is 15.4 Å². The minimum absolute atomic E-state index is 0.170. The highest BCUT2D eigenvalue weighted by Crippen LogP contribution is 2.26. The van der Waals surface area contributed by atoms with Crippen LogP contribution in [-0.2, 0) is 4.79 Å². The Kier molecular flexibility index (Phi) is 4.78. The van der Waals surface area contributed by atoms with Gasteiger partial charge in [-0.05, 0) is 43.5 Å². The summed E-state index contributed by atoms with van der Waals surface area (Å²) >= 11 is 0. The lowest BCUT2D eigenvalue weighted by Crippen LogP contribution is -2.35. The Hall–Kier alpha value is -2.44. The Balaban J connectivity index is 1.63. The molecule has 126 valence electrons. The summed E-state index contributed by atoms with van der Waals surface area (Å²) in [5.41, 5.74) is 2.82. The molecule has 2 aromatic rings. The van der Waals surface area contributed by atoms with Crippen molar-refractivity contribution in [3.63, 3.8) is 0 Å². The Morgan fingerprint density at radius 2 is 2.17 bits per heavy atom. The third-order valence-corrected chi connectivity index (χ3v) is 4.20. The first kappa shape index (κ1) is 16.4. The van der Waals surface area contributed by atoms with Gasteiger partial charge in [-0.15, -0.1) is 0 Å². The van der Waals surface area contributed by atoms with Gasteiger partial charge in [-0.2, -0.15) is 0 Å². The quantitative estimate of drug-likeness (QED) is 0.801. The number of carbonyl (C=O) groups is 1. The second kappa shape index (κ2) is 6.98. The molecule has 1 aromatic heterocycles. The normalized spacial score (nSPS) is 20.0. The molecule has 0 saturated carbocycles. The summed E-state index contributed by atoms with van der Waals surface area (Å²) in [7, 11) is 0. The monoisotopic (exact) mass is 327 g/mol. The van der Waals surface area contributed by atoms with Crippen molar-refractivity contribution in [3.05, 3.63) is 47.7 Å². The average molecular weight is 327 g/mol. The molecule has 0 spiro atoms. The van der Waals surface area contributed by atoms with Crippen LogP contribution in [0, 0.1) is 13.8 Å². The van der Waals surface area contributed by atoms with Gasteiger partial charge in [-0.1, -0.05) is 12.1 Å². The maximum absolute atomic E-state index is 12.1. The van der Waals surface area contributed by atoms with Crippen LogP contribution in [0.2, 0.25) is 0 Å². The zero-order chi connectivity index (χ0) is 17.1. The molecule has 1 aromatic carbocycles. The molecule has 0 aliphatic carbocycles. The molecule has 2 atom stereocenters. The van der Waals surface area contributed by atoms with Crippen molar-refractivity contribution in [2.45, 2.75) is 32.4 Å². The van der Waals surface area contributed by atoms with Crippen LogP contribution in [0.3, 0.4) is 0 Å². The van der Waals surface area contributed by atoms with Crippen LogP contribution >= 0.6 is 0 Å². The van der Waals surface area contributed by atoms with E-state index in [0.717, 1.165) is 16.9 Å². The van der Waals surface area contributed by atoms with Gasteiger partial charge in [-0.3, -0.25) is 4.79 Å². The molecule has 1 aliphatic rings. The molecule has 1 saturated heterocycles. The third-order valence-electron chi connectivity index (χ3n) is 4.20. The molecule has 3 rings (SSSR count). The van der Waals surface area contributed by atoms with E-state index >= 15 is 0 Å². The van der Waals surface area contributed by atoms with Crippen molar-refractivity contribution in [1.29, 1.82) is 0 Å². The van der Waals surface area contributed by atoms with Gasteiger partial charge in [0, 0.05) is 12.6 Å². The van der Waals surface area contributed by atoms with E-state index in [2.05, 4.69) is 15.6 Å². The average Bonchev–Trinajstić information content (AvgIpc) is 3.00. The lowest BCUT2D eigenvalue weighted by atomic mass is 10.1. The fraction of sp³-hybridized carbons (Fsp3) is 0.333. The summed E-state index contributed by atoms with van der Waals surface area (Å²) < 4.78 is 5.79. The fourth-order valence-electron chi connectivity index (χ4n) is 2.61. The van der Waals surface area contributed by atoms with E-state index in [9.17, 15) is 9.90 Å². The van der Waals surface area contributed by atoms with Crippen molar-refractivity contribution in [2.75, 3.05) is 11.9 Å². The summed E-state index contributed by atoms with van der Waals surface area (Å²) in [6.07, 6.45) is 1.52. The summed E-state index contributed by atoms with van der Waals surface area (Å²) in [5.74, 6) is 1.07. The van der Waals surface area contributed by atoms with Crippen LogP contribution in [0.5, 0.6) is 11.6 Å². The predicted molar refractivity (Wildman–Crippen MR) is 91.3 cm³/mol. The molecule has 24 heavy (non-hydrogen) atoms. The van der Waals surface area contributed by atoms with Gasteiger partial charge in [0.15, 0.2) is 0 Å². The second-order valence-corrected chi connectivity index (χ2v) is 6.02. The molecule has 1 fully saturated rings. The number of pyridine rings is 1. The highest BCUT2D eigenvalue weighted by Gasteiger charge is 2.27. The van der Waals surface area contributed by atoms with Crippen LogP contribution in [0.15, 0.2) is 36.5 Å². The Morgan fingerprint density at radius 1 is 1.33 bits per heavy atom. The number of ether oxygens (including phenoxy) is 1. The molecule has 1 aliphatic heterocycles. The van der Waals surface area contributed by atoms with Crippen molar-refractivity contribution < 1.29 is 14.6 Å². The van der Waals surface area contributed by atoms with E-state index in [1.807, 2.05) is 32.0 Å². The molecular weight excluding hydrogens is 306 g/mol. The molecule has 1 amide bonds. The van der Waals surface area contributed by atoms with E-state index < -0.39 is 6.10 Å².